The number of carbonyl (C=O) groups excluding carboxylic acids is 3. The molecule has 0 heterocycles. The van der Waals surface area contributed by atoms with Crippen LogP contribution in [-0.2, 0) is 23.9 Å². The molecule has 230 valence electrons. The highest BCUT2D eigenvalue weighted by molar-refractivity contribution is 5.98. The fourth-order valence-corrected chi connectivity index (χ4v) is 7.69. The lowest BCUT2D eigenvalue weighted by Crippen LogP contribution is -2.70. The highest BCUT2D eigenvalue weighted by atomic mass is 16.6. The van der Waals surface area contributed by atoms with E-state index in [1.165, 1.54) is 6.92 Å². The minimum Gasteiger partial charge on any atom is -0.459 e. The highest BCUT2D eigenvalue weighted by Crippen LogP contribution is 2.60. The number of ether oxygens (including phenoxy) is 2. The van der Waals surface area contributed by atoms with Crippen molar-refractivity contribution < 1.29 is 39.2 Å². The minimum atomic E-state index is -1.93. The molecule has 8 unspecified atom stereocenters. The topological polar surface area (TPSA) is 134 Å². The van der Waals surface area contributed by atoms with E-state index in [2.05, 4.69) is 6.58 Å². The molecular weight excluding hydrogens is 538 g/mol. The van der Waals surface area contributed by atoms with Crippen LogP contribution in [0.1, 0.15) is 71.9 Å². The number of carbonyl (C=O) groups is 3. The van der Waals surface area contributed by atoms with Crippen molar-refractivity contribution in [3.05, 3.63) is 59.2 Å². The van der Waals surface area contributed by atoms with Crippen LogP contribution in [0.5, 0.6) is 0 Å². The van der Waals surface area contributed by atoms with Gasteiger partial charge in [0.05, 0.1) is 12.5 Å². The highest BCUT2D eigenvalue weighted by Gasteiger charge is 2.67. The predicted molar refractivity (Wildman–Crippen MR) is 156 cm³/mol. The fourth-order valence-electron chi connectivity index (χ4n) is 7.69. The molecule has 8 atom stereocenters. The number of benzene rings is 1. The van der Waals surface area contributed by atoms with Gasteiger partial charge in [0, 0.05) is 36.1 Å². The molecule has 3 aliphatic rings. The Bertz CT molecular complexity index is 1290. The second-order valence-corrected chi connectivity index (χ2v) is 13.3. The lowest BCUT2D eigenvalue weighted by atomic mass is 9.48. The Labute approximate surface area is 248 Å². The third-order valence-electron chi connectivity index (χ3n) is 10.3. The van der Waals surface area contributed by atoms with Gasteiger partial charge in [0.2, 0.25) is 0 Å². The van der Waals surface area contributed by atoms with Crippen LogP contribution in [0.25, 0.3) is 0 Å². The smallest absolute Gasteiger partial charge is 0.308 e. The van der Waals surface area contributed by atoms with Crippen LogP contribution in [0.2, 0.25) is 0 Å². The van der Waals surface area contributed by atoms with Gasteiger partial charge in [-0.3, -0.25) is 14.4 Å². The van der Waals surface area contributed by atoms with Crippen molar-refractivity contribution in [3.63, 3.8) is 0 Å². The molecule has 1 aromatic carbocycles. The fraction of sp³-hybridized carbons (Fsp3) is 0.606. The second kappa shape index (κ2) is 11.3. The first-order valence-electron chi connectivity index (χ1n) is 14.6. The molecule has 2 saturated carbocycles. The van der Waals surface area contributed by atoms with Gasteiger partial charge in [-0.2, -0.15) is 0 Å². The minimum absolute atomic E-state index is 0.0797. The van der Waals surface area contributed by atoms with Crippen molar-refractivity contribution in [1.82, 2.24) is 4.90 Å². The first kappa shape index (κ1) is 32.1. The van der Waals surface area contributed by atoms with E-state index in [4.69, 9.17) is 9.47 Å². The molecule has 3 aliphatic carbocycles. The lowest BCUT2D eigenvalue weighted by molar-refractivity contribution is -0.228. The van der Waals surface area contributed by atoms with E-state index in [9.17, 15) is 29.7 Å². The molecule has 3 N–H and O–H groups in total. The van der Waals surface area contributed by atoms with E-state index in [1.54, 1.807) is 27.7 Å². The average molecular weight is 584 g/mol. The van der Waals surface area contributed by atoms with Crippen LogP contribution in [0.4, 0.5) is 0 Å². The maximum Gasteiger partial charge on any atom is 0.308 e. The molecule has 42 heavy (non-hydrogen) atoms. The normalized spacial score (nSPS) is 35.2. The van der Waals surface area contributed by atoms with Crippen molar-refractivity contribution >= 4 is 17.7 Å². The number of rotatable bonds is 6. The molecule has 0 saturated heterocycles. The maximum atomic E-state index is 13.3. The molecule has 1 aromatic rings. The molecule has 0 aliphatic heterocycles. The number of hydrogen-bond donors (Lipinski definition) is 3. The third kappa shape index (κ3) is 5.14. The summed E-state index contributed by atoms with van der Waals surface area (Å²) in [4.78, 5) is 41.0. The standard InChI is InChI=1S/C33H45NO8/c1-18-23(36)17-33(40)30(41-20(3)35)27-19(2)24(14-15-32(27,6)29(39)28(38)26(18)31(33,4)5)42-25(37)16-22(34(7)8)21-12-10-9-11-13-21/h9-13,22,24,27-30,38-40H,2,14-17H2,1,3-8H3. The van der Waals surface area contributed by atoms with Crippen LogP contribution in [-0.4, -0.2) is 82.1 Å². The molecule has 0 aromatic heterocycles. The van der Waals surface area contributed by atoms with Gasteiger partial charge in [-0.05, 0) is 56.1 Å². The summed E-state index contributed by atoms with van der Waals surface area (Å²) in [7, 11) is 3.78. The van der Waals surface area contributed by atoms with Crippen LogP contribution in [0.3, 0.4) is 0 Å². The number of Topliss-reactive ketones (excluding diaryl/α,β-unsaturated/α-hetero) is 1. The molecule has 2 fully saturated rings. The Hall–Kier alpha value is -2.85. The van der Waals surface area contributed by atoms with Gasteiger partial charge in [0.25, 0.3) is 0 Å². The van der Waals surface area contributed by atoms with Crippen LogP contribution < -0.4 is 0 Å². The third-order valence-corrected chi connectivity index (χ3v) is 10.3. The van der Waals surface area contributed by atoms with Gasteiger partial charge >= 0.3 is 11.9 Å². The summed E-state index contributed by atoms with van der Waals surface area (Å²) in [6, 6.07) is 9.41. The summed E-state index contributed by atoms with van der Waals surface area (Å²) in [6.45, 7) is 12.2. The van der Waals surface area contributed by atoms with Crippen LogP contribution in [0, 0.1) is 16.7 Å². The second-order valence-electron chi connectivity index (χ2n) is 13.3. The zero-order chi connectivity index (χ0) is 31.4. The number of aliphatic hydroxyl groups is 3. The molecule has 9 nitrogen and oxygen atoms in total. The Kier molecular flexibility index (Phi) is 8.66. The van der Waals surface area contributed by atoms with E-state index in [0.717, 1.165) is 5.56 Å². The number of hydrogen-bond acceptors (Lipinski definition) is 9. The number of nitrogens with zero attached hydrogens (tertiary/aromatic N) is 1. The summed E-state index contributed by atoms with van der Waals surface area (Å²) in [5.41, 5.74) is -2.47. The number of aliphatic hydroxyl groups excluding tert-OH is 2. The molecule has 0 radical (unpaired) electrons. The molecular formula is C33H45NO8. The molecule has 2 bridgehead atoms. The van der Waals surface area contributed by atoms with Gasteiger partial charge in [-0.1, -0.05) is 57.7 Å². The SMILES string of the molecule is C=C1C(OC(=O)CC(c2ccccc2)N(C)C)CCC2(C)C(O)C(O)C3=C(C)C(=O)CC(O)(C(OC(C)=O)C12)C3(C)C. The zero-order valence-corrected chi connectivity index (χ0v) is 25.7. The molecule has 0 spiro atoms. The first-order chi connectivity index (χ1) is 19.5. The number of fused-ring (bicyclic) bond motifs is 3. The Morgan fingerprint density at radius 3 is 2.31 bits per heavy atom. The van der Waals surface area contributed by atoms with Gasteiger partial charge in [-0.25, -0.2) is 0 Å². The molecule has 4 rings (SSSR count). The lowest BCUT2D eigenvalue weighted by Gasteiger charge is -2.61. The Balaban J connectivity index is 1.74. The predicted octanol–water partition coefficient (Wildman–Crippen LogP) is 3.28. The monoisotopic (exact) mass is 583 g/mol. The van der Waals surface area contributed by atoms with Gasteiger partial charge in [0.15, 0.2) is 5.78 Å². The van der Waals surface area contributed by atoms with E-state index < -0.39 is 64.5 Å². The molecule has 0 amide bonds. The van der Waals surface area contributed by atoms with Crippen molar-refractivity contribution in [2.75, 3.05) is 14.1 Å². The van der Waals surface area contributed by atoms with Crippen molar-refractivity contribution in [3.8, 4) is 0 Å². The summed E-state index contributed by atoms with van der Waals surface area (Å²) < 4.78 is 11.9. The first-order valence-corrected chi connectivity index (χ1v) is 14.6. The van der Waals surface area contributed by atoms with Gasteiger partial charge in [0.1, 0.15) is 23.9 Å². The summed E-state index contributed by atoms with van der Waals surface area (Å²) in [5.74, 6) is -2.46. The van der Waals surface area contributed by atoms with Crippen molar-refractivity contribution in [2.45, 2.75) is 96.4 Å². The number of allylic oxidation sites excluding steroid dienone is 1. The zero-order valence-electron chi connectivity index (χ0n) is 25.7. The van der Waals surface area contributed by atoms with E-state index in [-0.39, 0.29) is 36.5 Å². The van der Waals surface area contributed by atoms with Crippen molar-refractivity contribution in [2.24, 2.45) is 16.7 Å². The number of ketones is 1. The summed E-state index contributed by atoms with van der Waals surface area (Å²) in [5, 5.41) is 35.7. The molecule has 9 heteroatoms. The van der Waals surface area contributed by atoms with Gasteiger partial charge in [-0.15, -0.1) is 0 Å². The quantitative estimate of drug-likeness (QED) is 0.341. The van der Waals surface area contributed by atoms with Crippen LogP contribution >= 0.6 is 0 Å². The Morgan fingerprint density at radius 1 is 1.12 bits per heavy atom. The maximum absolute atomic E-state index is 13.3. The van der Waals surface area contributed by atoms with E-state index >= 15 is 0 Å². The van der Waals surface area contributed by atoms with E-state index in [1.807, 2.05) is 49.3 Å². The van der Waals surface area contributed by atoms with Crippen LogP contribution in [0.15, 0.2) is 53.6 Å². The van der Waals surface area contributed by atoms with Gasteiger partial charge < -0.3 is 29.7 Å². The summed E-state index contributed by atoms with van der Waals surface area (Å²) >= 11 is 0. The number of esters is 2. The average Bonchev–Trinajstić information content (AvgIpc) is 2.91. The largest absolute Gasteiger partial charge is 0.459 e. The Morgan fingerprint density at radius 2 is 1.74 bits per heavy atom. The van der Waals surface area contributed by atoms with E-state index in [0.29, 0.717) is 12.0 Å². The van der Waals surface area contributed by atoms with Crippen molar-refractivity contribution in [1.29, 1.82) is 0 Å². The summed E-state index contributed by atoms with van der Waals surface area (Å²) in [6.07, 6.45) is -4.62.